The Balaban J connectivity index is 0.00000306. The number of piperidine rings is 1. The molecule has 0 spiro atoms. The summed E-state index contributed by atoms with van der Waals surface area (Å²) in [4.78, 5) is 15.0. The molecule has 33 heavy (non-hydrogen) atoms. The van der Waals surface area contributed by atoms with Crippen molar-refractivity contribution in [3.63, 3.8) is 0 Å². The Labute approximate surface area is 201 Å². The fourth-order valence-corrected chi connectivity index (χ4v) is 4.46. The molecule has 1 aliphatic heterocycles. The Hall–Kier alpha value is -2.96. The Kier molecular flexibility index (Phi) is 8.06. The summed E-state index contributed by atoms with van der Waals surface area (Å²) in [5.41, 5.74) is 8.48. The van der Waals surface area contributed by atoms with Crippen molar-refractivity contribution < 1.29 is 19.0 Å². The van der Waals surface area contributed by atoms with Crippen LogP contribution < -0.4 is 19.9 Å². The molecule has 3 aromatic rings. The molecule has 3 aromatic carbocycles. The molecule has 6 nitrogen and oxygen atoms in total. The van der Waals surface area contributed by atoms with E-state index >= 15 is 0 Å². The van der Waals surface area contributed by atoms with Crippen LogP contribution in [0.15, 0.2) is 48.5 Å². The highest BCUT2D eigenvalue weighted by atomic mass is 35.5. The first-order valence-electron chi connectivity index (χ1n) is 10.9. The van der Waals surface area contributed by atoms with Crippen LogP contribution in [0.5, 0.6) is 17.2 Å². The zero-order valence-corrected chi connectivity index (χ0v) is 20.1. The predicted octanol–water partition coefficient (Wildman–Crippen LogP) is 4.77. The average molecular weight is 471 g/mol. The van der Waals surface area contributed by atoms with E-state index in [1.165, 1.54) is 0 Å². The van der Waals surface area contributed by atoms with E-state index in [0.717, 1.165) is 47.8 Å². The first-order valence-corrected chi connectivity index (χ1v) is 10.9. The van der Waals surface area contributed by atoms with Gasteiger partial charge in [-0.25, -0.2) is 0 Å². The number of benzene rings is 3. The number of nitrogens with two attached hydrogens (primary N) is 1. The minimum Gasteiger partial charge on any atom is -0.493 e. The lowest BCUT2D eigenvalue weighted by atomic mass is 9.95. The molecule has 0 atom stereocenters. The van der Waals surface area contributed by atoms with Gasteiger partial charge in [0, 0.05) is 18.7 Å². The number of hydrogen-bond acceptors (Lipinski definition) is 5. The number of amides is 1. The molecule has 0 radical (unpaired) electrons. The minimum absolute atomic E-state index is 0. The summed E-state index contributed by atoms with van der Waals surface area (Å²) in [5, 5.41) is 2.07. The van der Waals surface area contributed by atoms with Gasteiger partial charge in [-0.1, -0.05) is 24.3 Å². The third-order valence-corrected chi connectivity index (χ3v) is 6.34. The van der Waals surface area contributed by atoms with Crippen LogP contribution in [0.2, 0.25) is 0 Å². The topological polar surface area (TPSA) is 74.0 Å². The van der Waals surface area contributed by atoms with Crippen molar-refractivity contribution in [1.29, 1.82) is 0 Å². The van der Waals surface area contributed by atoms with Crippen LogP contribution in [0.1, 0.15) is 23.2 Å². The number of halogens is 1. The molecule has 7 heteroatoms. The van der Waals surface area contributed by atoms with Gasteiger partial charge in [-0.2, -0.15) is 0 Å². The van der Waals surface area contributed by atoms with Crippen LogP contribution in [-0.2, 0) is 0 Å². The monoisotopic (exact) mass is 470 g/mol. The number of carbonyl (C=O) groups excluding carboxylic acids is 1. The molecule has 1 saturated heterocycles. The molecule has 176 valence electrons. The number of hydrogen-bond donors (Lipinski definition) is 1. The maximum Gasteiger partial charge on any atom is 0.253 e. The first-order chi connectivity index (χ1) is 15.6. The summed E-state index contributed by atoms with van der Waals surface area (Å²) in [6.07, 6.45) is 1.95. The zero-order chi connectivity index (χ0) is 22.7. The van der Waals surface area contributed by atoms with E-state index in [0.29, 0.717) is 35.3 Å². The lowest BCUT2D eigenvalue weighted by molar-refractivity contribution is 0.0693. The second-order valence-corrected chi connectivity index (χ2v) is 8.13. The molecular weight excluding hydrogens is 440 g/mol. The van der Waals surface area contributed by atoms with Gasteiger partial charge in [0.25, 0.3) is 5.91 Å². The lowest BCUT2D eigenvalue weighted by Crippen LogP contribution is -2.40. The van der Waals surface area contributed by atoms with E-state index in [1.807, 2.05) is 47.4 Å². The summed E-state index contributed by atoms with van der Waals surface area (Å²) in [5.74, 6) is 2.38. The number of fused-ring (bicyclic) bond motifs is 1. The van der Waals surface area contributed by atoms with Crippen molar-refractivity contribution in [3.05, 3.63) is 54.1 Å². The van der Waals surface area contributed by atoms with E-state index in [4.69, 9.17) is 19.9 Å². The van der Waals surface area contributed by atoms with Gasteiger partial charge in [-0.15, -0.1) is 12.4 Å². The molecule has 1 heterocycles. The molecule has 0 aliphatic carbocycles. The molecule has 0 unspecified atom stereocenters. The molecule has 0 aromatic heterocycles. The Morgan fingerprint density at radius 3 is 2.21 bits per heavy atom. The highest BCUT2D eigenvalue weighted by Crippen LogP contribution is 2.42. The molecule has 0 saturated carbocycles. The van der Waals surface area contributed by atoms with Gasteiger partial charge in [0.1, 0.15) is 0 Å². The smallest absolute Gasteiger partial charge is 0.253 e. The van der Waals surface area contributed by atoms with Crippen LogP contribution in [0, 0.1) is 5.92 Å². The third kappa shape index (κ3) is 4.87. The Bertz CT molecular complexity index is 1100. The first kappa shape index (κ1) is 24.7. The minimum atomic E-state index is 0. The van der Waals surface area contributed by atoms with Crippen LogP contribution in [0.4, 0.5) is 0 Å². The van der Waals surface area contributed by atoms with E-state index < -0.39 is 0 Å². The number of carbonyl (C=O) groups is 1. The van der Waals surface area contributed by atoms with Gasteiger partial charge in [-0.05, 0) is 71.5 Å². The van der Waals surface area contributed by atoms with Gasteiger partial charge >= 0.3 is 0 Å². The third-order valence-electron chi connectivity index (χ3n) is 6.34. The number of rotatable bonds is 6. The van der Waals surface area contributed by atoms with Gasteiger partial charge in [0.05, 0.1) is 21.3 Å². The quantitative estimate of drug-likeness (QED) is 0.562. The predicted molar refractivity (Wildman–Crippen MR) is 134 cm³/mol. The second kappa shape index (κ2) is 10.8. The van der Waals surface area contributed by atoms with Crippen molar-refractivity contribution in [2.75, 3.05) is 41.0 Å². The van der Waals surface area contributed by atoms with Gasteiger partial charge in [0.2, 0.25) is 5.75 Å². The summed E-state index contributed by atoms with van der Waals surface area (Å²) in [6.45, 7) is 2.23. The van der Waals surface area contributed by atoms with Crippen LogP contribution in [-0.4, -0.2) is 51.8 Å². The van der Waals surface area contributed by atoms with Crippen LogP contribution in [0.3, 0.4) is 0 Å². The fraction of sp³-hybridized carbons (Fsp3) is 0.346. The molecule has 4 rings (SSSR count). The summed E-state index contributed by atoms with van der Waals surface area (Å²) in [7, 11) is 4.81. The van der Waals surface area contributed by atoms with E-state index in [2.05, 4.69) is 6.07 Å². The van der Waals surface area contributed by atoms with Crippen molar-refractivity contribution >= 4 is 29.1 Å². The second-order valence-electron chi connectivity index (χ2n) is 8.13. The van der Waals surface area contributed by atoms with Crippen LogP contribution in [0.25, 0.3) is 21.9 Å². The summed E-state index contributed by atoms with van der Waals surface area (Å²) in [6, 6.07) is 15.9. The molecule has 0 bridgehead atoms. The van der Waals surface area contributed by atoms with Crippen molar-refractivity contribution in [1.82, 2.24) is 4.90 Å². The molecule has 1 fully saturated rings. The normalized spacial score (nSPS) is 14.0. The van der Waals surface area contributed by atoms with Crippen LogP contribution >= 0.6 is 12.4 Å². The molecular formula is C26H31ClN2O4. The molecule has 1 aliphatic rings. The van der Waals surface area contributed by atoms with E-state index in [1.54, 1.807) is 21.3 Å². The van der Waals surface area contributed by atoms with Crippen molar-refractivity contribution in [2.45, 2.75) is 12.8 Å². The molecule has 1 amide bonds. The Morgan fingerprint density at radius 2 is 1.64 bits per heavy atom. The summed E-state index contributed by atoms with van der Waals surface area (Å²) >= 11 is 0. The zero-order valence-electron chi connectivity index (χ0n) is 19.3. The van der Waals surface area contributed by atoms with Gasteiger partial charge in [0.15, 0.2) is 11.5 Å². The van der Waals surface area contributed by atoms with Gasteiger partial charge in [-0.3, -0.25) is 4.79 Å². The van der Waals surface area contributed by atoms with Crippen molar-refractivity contribution in [3.8, 4) is 28.4 Å². The number of nitrogens with zero attached hydrogens (tertiary/aromatic N) is 1. The SMILES string of the molecule is COc1cc(-c2cccc3cc(C(=O)N4CCC(CN)CC4)ccc23)cc(OC)c1OC.Cl. The highest BCUT2D eigenvalue weighted by Gasteiger charge is 2.23. The largest absolute Gasteiger partial charge is 0.493 e. The fourth-order valence-electron chi connectivity index (χ4n) is 4.46. The number of ether oxygens (including phenoxy) is 3. The van der Waals surface area contributed by atoms with E-state index in [9.17, 15) is 4.79 Å². The lowest BCUT2D eigenvalue weighted by Gasteiger charge is -2.31. The van der Waals surface area contributed by atoms with E-state index in [-0.39, 0.29) is 18.3 Å². The maximum absolute atomic E-state index is 13.1. The molecule has 2 N–H and O–H groups in total. The number of methoxy groups -OCH3 is 3. The highest BCUT2D eigenvalue weighted by molar-refractivity contribution is 6.03. The average Bonchev–Trinajstić information content (AvgIpc) is 2.86. The standard InChI is InChI=1S/C26H30N2O4.ClH/c1-30-23-14-20(15-24(31-2)25(23)32-3)21-6-4-5-18-13-19(7-8-22(18)21)26(29)28-11-9-17(16-27)10-12-28;/h4-8,13-15,17H,9-12,16,27H2,1-3H3;1H. The summed E-state index contributed by atoms with van der Waals surface area (Å²) < 4.78 is 16.5. The van der Waals surface area contributed by atoms with Gasteiger partial charge < -0.3 is 24.8 Å². The number of likely N-dealkylation sites (tertiary alicyclic amines) is 1. The maximum atomic E-state index is 13.1. The van der Waals surface area contributed by atoms with Crippen molar-refractivity contribution in [2.24, 2.45) is 11.7 Å². The Morgan fingerprint density at radius 1 is 0.970 bits per heavy atom.